The molecule has 0 aliphatic carbocycles. The summed E-state index contributed by atoms with van der Waals surface area (Å²) in [5, 5.41) is 13.8. The number of ether oxygens (including phenoxy) is 1. The first-order chi connectivity index (χ1) is 18.3. The largest absolute Gasteiger partial charge is 0.486 e. The summed E-state index contributed by atoms with van der Waals surface area (Å²) in [6, 6.07) is 8.59. The smallest absolute Gasteiger partial charge is 0.291 e. The van der Waals surface area contributed by atoms with E-state index in [0.717, 1.165) is 38.2 Å². The fraction of sp³-hybridized carbons (Fsp3) is 0.536. The molecule has 1 spiro atoms. The molecule has 2 aromatic rings. The molecule has 1 amide bonds. The van der Waals surface area contributed by atoms with Gasteiger partial charge in [-0.1, -0.05) is 12.0 Å². The van der Waals surface area contributed by atoms with Crippen molar-refractivity contribution in [1.82, 2.24) is 14.8 Å². The zero-order chi connectivity index (χ0) is 26.7. The average molecular weight is 522 g/mol. The topological polar surface area (TPSA) is 87.5 Å². The van der Waals surface area contributed by atoms with Crippen molar-refractivity contribution in [2.45, 2.75) is 57.4 Å². The van der Waals surface area contributed by atoms with Gasteiger partial charge in [-0.3, -0.25) is 14.7 Å². The minimum absolute atomic E-state index is 0.0464. The molecule has 0 radical (unpaired) electrons. The second kappa shape index (κ2) is 11.4. The zero-order valence-corrected chi connectivity index (χ0v) is 22.2. The number of hydrogen-bond acceptors (Lipinski definition) is 7. The maximum absolute atomic E-state index is 13.8. The number of rotatable bonds is 6. The van der Waals surface area contributed by atoms with Crippen molar-refractivity contribution in [2.24, 2.45) is 11.1 Å². The predicted octanol–water partition coefficient (Wildman–Crippen LogP) is 3.32. The van der Waals surface area contributed by atoms with E-state index in [1.807, 2.05) is 17.2 Å². The van der Waals surface area contributed by atoms with Crippen molar-refractivity contribution in [1.29, 1.82) is 0 Å². The quantitative estimate of drug-likeness (QED) is 0.463. The van der Waals surface area contributed by atoms with Crippen molar-refractivity contribution < 1.29 is 23.8 Å². The Balaban J connectivity index is 1.14. The Kier molecular flexibility index (Phi) is 8.00. The van der Waals surface area contributed by atoms with Crippen LogP contribution in [0.4, 0.5) is 4.39 Å². The summed E-state index contributed by atoms with van der Waals surface area (Å²) in [6.07, 6.45) is 6.01. The van der Waals surface area contributed by atoms with Gasteiger partial charge in [0.1, 0.15) is 24.3 Å². The minimum Gasteiger partial charge on any atom is -0.486 e. The monoisotopic (exact) mass is 522 g/mol. The number of fused-ring (bicyclic) bond motifs is 1. The SMILES string of the molecule is CO/N=C1\CC2(CCN(C(=O)C3CCN(Cc4ccnc(CB(C)O)c4)CC3)CC2)Oc2ccc(F)cc21. The molecule has 38 heavy (non-hydrogen) atoms. The molecule has 2 saturated heterocycles. The van der Waals surface area contributed by atoms with E-state index in [4.69, 9.17) is 9.57 Å². The average Bonchev–Trinajstić information content (AvgIpc) is 2.90. The molecular formula is C28H36BFN4O4. The van der Waals surface area contributed by atoms with Crippen LogP contribution in [-0.2, 0) is 22.5 Å². The number of oxime groups is 1. The number of aromatic nitrogens is 1. The number of likely N-dealkylation sites (tertiary alicyclic amines) is 2. The maximum Gasteiger partial charge on any atom is 0.291 e. The number of carbonyl (C=O) groups excluding carboxylic acids is 1. The van der Waals surface area contributed by atoms with E-state index in [1.165, 1.54) is 24.8 Å². The van der Waals surface area contributed by atoms with Gasteiger partial charge in [0.2, 0.25) is 5.91 Å². The number of pyridine rings is 1. The first-order valence-corrected chi connectivity index (χ1v) is 13.6. The molecule has 8 nitrogen and oxygen atoms in total. The fourth-order valence-electron chi connectivity index (χ4n) is 5.99. The Morgan fingerprint density at radius 2 is 2.00 bits per heavy atom. The van der Waals surface area contributed by atoms with Gasteiger partial charge in [0, 0.05) is 62.3 Å². The molecule has 10 heteroatoms. The third-order valence-electron chi connectivity index (χ3n) is 7.98. The van der Waals surface area contributed by atoms with E-state index in [1.54, 1.807) is 12.9 Å². The lowest BCUT2D eigenvalue weighted by atomic mass is 9.67. The van der Waals surface area contributed by atoms with Crippen LogP contribution in [0.3, 0.4) is 0 Å². The molecule has 0 unspecified atom stereocenters. The van der Waals surface area contributed by atoms with Crippen LogP contribution in [-0.4, -0.2) is 77.2 Å². The number of halogens is 1. The van der Waals surface area contributed by atoms with Gasteiger partial charge in [0.05, 0.1) is 5.71 Å². The summed E-state index contributed by atoms with van der Waals surface area (Å²) in [5.41, 5.74) is 2.96. The normalized spacial score (nSPS) is 20.7. The highest BCUT2D eigenvalue weighted by Gasteiger charge is 2.44. The number of piperidine rings is 2. The van der Waals surface area contributed by atoms with Crippen molar-refractivity contribution >= 4 is 18.5 Å². The highest BCUT2D eigenvalue weighted by Crippen LogP contribution is 2.40. The Morgan fingerprint density at radius 1 is 1.24 bits per heavy atom. The standard InChI is InChI=1S/C28H36BFN4O4/c1-29(36)18-23-15-20(5-10-31-23)19-33-11-6-21(7-12-33)27(35)34-13-8-28(9-14-34)17-25(32-37-2)24-16-22(30)3-4-26(24)38-28/h3-5,10,15-16,21,36H,6-9,11-14,17-19H2,1-2H3/b32-25+. The molecule has 202 valence electrons. The third-order valence-corrected chi connectivity index (χ3v) is 7.98. The summed E-state index contributed by atoms with van der Waals surface area (Å²) < 4.78 is 20.2. The van der Waals surface area contributed by atoms with Crippen LogP contribution in [0.1, 0.15) is 48.9 Å². The van der Waals surface area contributed by atoms with Gasteiger partial charge in [-0.15, -0.1) is 0 Å². The number of carbonyl (C=O) groups is 1. The Labute approximate surface area is 223 Å². The van der Waals surface area contributed by atoms with Crippen LogP contribution >= 0.6 is 0 Å². The number of amides is 1. The van der Waals surface area contributed by atoms with E-state index in [-0.39, 0.29) is 17.6 Å². The van der Waals surface area contributed by atoms with Gasteiger partial charge in [-0.05, 0) is 68.1 Å². The van der Waals surface area contributed by atoms with Crippen LogP contribution in [0.25, 0.3) is 0 Å². The number of benzene rings is 1. The van der Waals surface area contributed by atoms with Crippen molar-refractivity contribution in [2.75, 3.05) is 33.3 Å². The van der Waals surface area contributed by atoms with Gasteiger partial charge >= 0.3 is 0 Å². The third kappa shape index (κ3) is 6.02. The van der Waals surface area contributed by atoms with Crippen LogP contribution in [0.15, 0.2) is 41.7 Å². The lowest BCUT2D eigenvalue weighted by Crippen LogP contribution is -2.54. The predicted molar refractivity (Wildman–Crippen MR) is 144 cm³/mol. The van der Waals surface area contributed by atoms with Gasteiger partial charge in [-0.25, -0.2) is 4.39 Å². The molecule has 1 aromatic heterocycles. The first kappa shape index (κ1) is 26.6. The Bertz CT molecular complexity index is 1180. The minimum atomic E-state index is -0.459. The van der Waals surface area contributed by atoms with E-state index in [9.17, 15) is 14.2 Å². The molecule has 1 aromatic carbocycles. The van der Waals surface area contributed by atoms with Crippen molar-refractivity contribution in [3.63, 3.8) is 0 Å². The summed E-state index contributed by atoms with van der Waals surface area (Å²) in [6.45, 7) is 5.24. The molecule has 5 rings (SSSR count). The first-order valence-electron chi connectivity index (χ1n) is 13.6. The summed E-state index contributed by atoms with van der Waals surface area (Å²) in [5.74, 6) is 0.574. The van der Waals surface area contributed by atoms with Crippen LogP contribution in [0.5, 0.6) is 5.75 Å². The molecule has 0 saturated carbocycles. The molecule has 0 bridgehead atoms. The highest BCUT2D eigenvalue weighted by molar-refractivity contribution is 6.47. The van der Waals surface area contributed by atoms with E-state index < -0.39 is 12.5 Å². The van der Waals surface area contributed by atoms with Crippen molar-refractivity contribution in [3.05, 3.63) is 59.2 Å². The van der Waals surface area contributed by atoms with Crippen LogP contribution < -0.4 is 4.74 Å². The molecule has 1 N–H and O–H groups in total. The summed E-state index contributed by atoms with van der Waals surface area (Å²) in [7, 11) is 1.49. The lowest BCUT2D eigenvalue weighted by Gasteiger charge is -2.45. The Morgan fingerprint density at radius 3 is 2.71 bits per heavy atom. The summed E-state index contributed by atoms with van der Waals surface area (Å²) >= 11 is 0. The fourth-order valence-corrected chi connectivity index (χ4v) is 5.99. The summed E-state index contributed by atoms with van der Waals surface area (Å²) in [4.78, 5) is 27.2. The maximum atomic E-state index is 13.8. The molecule has 4 heterocycles. The molecule has 3 aliphatic rings. The van der Waals surface area contributed by atoms with Gasteiger partial charge < -0.3 is 19.5 Å². The van der Waals surface area contributed by atoms with E-state index >= 15 is 0 Å². The van der Waals surface area contributed by atoms with Gasteiger partial charge in [-0.2, -0.15) is 0 Å². The zero-order valence-electron chi connectivity index (χ0n) is 22.2. The lowest BCUT2D eigenvalue weighted by molar-refractivity contribution is -0.140. The second-order valence-electron chi connectivity index (χ2n) is 10.9. The van der Waals surface area contributed by atoms with Gasteiger partial charge in [0.25, 0.3) is 6.92 Å². The van der Waals surface area contributed by atoms with Gasteiger partial charge in [0.15, 0.2) is 0 Å². The van der Waals surface area contributed by atoms with Crippen LogP contribution in [0.2, 0.25) is 6.82 Å². The van der Waals surface area contributed by atoms with Crippen molar-refractivity contribution in [3.8, 4) is 5.75 Å². The second-order valence-corrected chi connectivity index (χ2v) is 10.9. The highest BCUT2D eigenvalue weighted by atomic mass is 19.1. The molecular weight excluding hydrogens is 486 g/mol. The van der Waals surface area contributed by atoms with E-state index in [0.29, 0.717) is 55.7 Å². The number of nitrogens with zero attached hydrogens (tertiary/aromatic N) is 4. The molecule has 2 fully saturated rings. The van der Waals surface area contributed by atoms with Crippen LogP contribution in [0, 0.1) is 11.7 Å². The Hall–Kier alpha value is -2.98. The molecule has 3 aliphatic heterocycles. The molecule has 0 atom stereocenters. The number of hydrogen-bond donors (Lipinski definition) is 1. The van der Waals surface area contributed by atoms with E-state index in [2.05, 4.69) is 21.1 Å².